The fourth-order valence-electron chi connectivity index (χ4n) is 4.14. The summed E-state index contributed by atoms with van der Waals surface area (Å²) in [6.07, 6.45) is 1.71. The van der Waals surface area contributed by atoms with Gasteiger partial charge >= 0.3 is 6.18 Å². The van der Waals surface area contributed by atoms with Crippen LogP contribution in [0.15, 0.2) is 12.3 Å². The van der Waals surface area contributed by atoms with Crippen LogP contribution in [-0.4, -0.2) is 47.9 Å². The van der Waals surface area contributed by atoms with Crippen molar-refractivity contribution in [3.8, 4) is 0 Å². The number of hydrogen-bond donors (Lipinski definition) is 0. The summed E-state index contributed by atoms with van der Waals surface area (Å²) >= 11 is 0. The summed E-state index contributed by atoms with van der Waals surface area (Å²) < 4.78 is 50.3. The average Bonchev–Trinajstić information content (AvgIpc) is 2.58. The van der Waals surface area contributed by atoms with E-state index in [0.29, 0.717) is 12.3 Å². The fraction of sp³-hybridized carbons (Fsp3) is 0.882. The quantitative estimate of drug-likeness (QED) is 0.612. The Morgan fingerprint density at radius 2 is 1.96 bits per heavy atom. The molecule has 0 N–H and O–H groups in total. The molecule has 24 heavy (non-hydrogen) atoms. The van der Waals surface area contributed by atoms with Gasteiger partial charge < -0.3 is 9.47 Å². The number of rotatable bonds is 7. The molecule has 0 aromatic carbocycles. The van der Waals surface area contributed by atoms with Crippen LogP contribution in [0.5, 0.6) is 0 Å². The average molecular weight is 381 g/mol. The van der Waals surface area contributed by atoms with Crippen LogP contribution in [-0.2, 0) is 9.47 Å². The Kier molecular flexibility index (Phi) is 7.58. The molecule has 0 saturated carbocycles. The highest BCUT2D eigenvalue weighted by Gasteiger charge is 2.44. The molecule has 0 aliphatic carbocycles. The molecule has 2 rings (SSSR count). The van der Waals surface area contributed by atoms with Crippen LogP contribution in [0, 0.1) is 0 Å². The maximum Gasteiger partial charge on any atom is 0.388 e. The third kappa shape index (κ3) is 5.71. The molecule has 4 unspecified atom stereocenters. The van der Waals surface area contributed by atoms with Crippen molar-refractivity contribution in [1.82, 2.24) is 0 Å². The van der Waals surface area contributed by atoms with Gasteiger partial charge in [-0.05, 0) is 50.6 Å². The van der Waals surface area contributed by atoms with Gasteiger partial charge in [-0.1, -0.05) is 6.55 Å². The molecule has 140 valence electrons. The highest BCUT2D eigenvalue weighted by Crippen LogP contribution is 2.37. The summed E-state index contributed by atoms with van der Waals surface area (Å²) in [5.74, 6) is 0. The molecule has 2 fully saturated rings. The second-order valence-electron chi connectivity index (χ2n) is 7.43. The van der Waals surface area contributed by atoms with E-state index in [1.807, 2.05) is 0 Å². The van der Waals surface area contributed by atoms with E-state index in [9.17, 15) is 13.2 Å². The zero-order valence-corrected chi connectivity index (χ0v) is 17.1. The van der Waals surface area contributed by atoms with Crippen LogP contribution in [0.3, 0.4) is 0 Å². The molecule has 0 spiro atoms. The topological polar surface area (TPSA) is 18.5 Å². The largest absolute Gasteiger partial charge is 0.388 e. The molecule has 4 atom stereocenters. The van der Waals surface area contributed by atoms with Gasteiger partial charge in [0.15, 0.2) is 0 Å². The number of ether oxygens (including phenoxy) is 2. The normalized spacial score (nSPS) is 31.4. The highest BCUT2D eigenvalue weighted by molar-refractivity contribution is 6.70. The van der Waals surface area contributed by atoms with E-state index in [0.717, 1.165) is 44.8 Å². The minimum Gasteiger partial charge on any atom is -0.382 e. The lowest BCUT2D eigenvalue weighted by atomic mass is 10.1. The first-order valence-corrected chi connectivity index (χ1v) is 14.0. The third-order valence-corrected chi connectivity index (χ3v) is 13.1. The summed E-state index contributed by atoms with van der Waals surface area (Å²) in [6.45, 7) is 7.63. The Morgan fingerprint density at radius 3 is 2.50 bits per heavy atom. The van der Waals surface area contributed by atoms with Crippen LogP contribution in [0.1, 0.15) is 44.9 Å². The molecule has 2 saturated heterocycles. The Labute approximate surface area is 147 Å². The molecule has 0 aromatic rings. The van der Waals surface area contributed by atoms with E-state index < -0.39 is 30.2 Å². The predicted octanol–water partition coefficient (Wildman–Crippen LogP) is 4.33. The lowest BCUT2D eigenvalue weighted by Crippen LogP contribution is -2.53. The highest BCUT2D eigenvalue weighted by atomic mass is 28.3. The number of alkyl halides is 3. The smallest absolute Gasteiger partial charge is 0.382 e. The Morgan fingerprint density at radius 1 is 1.21 bits per heavy atom. The van der Waals surface area contributed by atoms with Gasteiger partial charge in [-0.3, -0.25) is 0 Å². The lowest BCUT2D eigenvalue weighted by Gasteiger charge is -2.44. The minimum atomic E-state index is -4.06. The molecule has 2 heterocycles. The Hall–Kier alpha value is -0.116. The minimum absolute atomic E-state index is 0.268. The van der Waals surface area contributed by atoms with Gasteiger partial charge in [0.05, 0.1) is 22.8 Å². The first-order valence-electron chi connectivity index (χ1n) is 9.31. The van der Waals surface area contributed by atoms with Gasteiger partial charge in [0.25, 0.3) is 0 Å². The molecule has 2 nitrogen and oxygen atoms in total. The molecular formula is C17H31F3O2Si2. The standard InChI is InChI=1S/C17H31F3O2Si2/c1-3-24(15-8-4-6-11-21-15)14-16(9-5-7-12-22-16)23(2)13-10-17(18,19)20/h3,15,23-24H,1,4-14H2,2H3. The van der Waals surface area contributed by atoms with E-state index in [-0.39, 0.29) is 11.3 Å². The van der Waals surface area contributed by atoms with E-state index >= 15 is 0 Å². The van der Waals surface area contributed by atoms with Crippen molar-refractivity contribution in [3.63, 3.8) is 0 Å². The maximum absolute atomic E-state index is 12.7. The van der Waals surface area contributed by atoms with Gasteiger partial charge in [0.2, 0.25) is 0 Å². The fourth-order valence-corrected chi connectivity index (χ4v) is 11.8. The second-order valence-corrected chi connectivity index (χ2v) is 13.8. The third-order valence-electron chi connectivity index (χ3n) is 5.72. The molecular weight excluding hydrogens is 349 g/mol. The van der Waals surface area contributed by atoms with Crippen LogP contribution in [0.2, 0.25) is 18.6 Å². The summed E-state index contributed by atoms with van der Waals surface area (Å²) in [6, 6.07) is 1.21. The van der Waals surface area contributed by atoms with Crippen molar-refractivity contribution in [2.45, 2.75) is 80.7 Å². The second kappa shape index (κ2) is 9.01. The lowest BCUT2D eigenvalue weighted by molar-refractivity contribution is -0.131. The van der Waals surface area contributed by atoms with Crippen LogP contribution >= 0.6 is 0 Å². The molecule has 0 amide bonds. The monoisotopic (exact) mass is 380 g/mol. The van der Waals surface area contributed by atoms with Gasteiger partial charge in [-0.25, -0.2) is 0 Å². The summed E-state index contributed by atoms with van der Waals surface area (Å²) in [4.78, 5) is 0. The van der Waals surface area contributed by atoms with Crippen LogP contribution in [0.4, 0.5) is 13.2 Å². The van der Waals surface area contributed by atoms with E-state index in [1.54, 1.807) is 0 Å². The van der Waals surface area contributed by atoms with Crippen molar-refractivity contribution in [2.24, 2.45) is 0 Å². The predicted molar refractivity (Wildman–Crippen MR) is 96.8 cm³/mol. The van der Waals surface area contributed by atoms with Gasteiger partial charge in [0, 0.05) is 25.4 Å². The molecule has 0 radical (unpaired) electrons. The van der Waals surface area contributed by atoms with Gasteiger partial charge in [-0.15, -0.1) is 12.3 Å². The molecule has 2 aliphatic heterocycles. The summed E-state index contributed by atoms with van der Waals surface area (Å²) in [5.41, 5.74) is 2.38. The van der Waals surface area contributed by atoms with Gasteiger partial charge in [-0.2, -0.15) is 13.2 Å². The summed E-state index contributed by atoms with van der Waals surface area (Å²) in [5, 5.41) is -0.268. The number of halogens is 3. The molecule has 2 aliphatic rings. The Bertz CT molecular complexity index is 392. The number of hydrogen-bond acceptors (Lipinski definition) is 2. The molecule has 0 aromatic heterocycles. The van der Waals surface area contributed by atoms with Crippen molar-refractivity contribution < 1.29 is 22.6 Å². The SMILES string of the molecule is C=C[SiH](CC1([SiH](C)CCC(F)(F)F)CCCCO1)C1CCCCO1. The zero-order chi connectivity index (χ0) is 17.6. The van der Waals surface area contributed by atoms with Crippen molar-refractivity contribution in [3.05, 3.63) is 12.3 Å². The van der Waals surface area contributed by atoms with Crippen LogP contribution in [0.25, 0.3) is 0 Å². The molecule has 0 bridgehead atoms. The maximum atomic E-state index is 12.7. The first kappa shape index (κ1) is 20.2. The van der Waals surface area contributed by atoms with Crippen molar-refractivity contribution in [2.75, 3.05) is 13.2 Å². The van der Waals surface area contributed by atoms with E-state index in [2.05, 4.69) is 18.8 Å². The first-order chi connectivity index (χ1) is 11.4. The summed E-state index contributed by atoms with van der Waals surface area (Å²) in [7, 11) is -3.04. The van der Waals surface area contributed by atoms with Crippen molar-refractivity contribution in [1.29, 1.82) is 0 Å². The molecule has 7 heteroatoms. The van der Waals surface area contributed by atoms with E-state index in [4.69, 9.17) is 9.47 Å². The van der Waals surface area contributed by atoms with Gasteiger partial charge in [0.1, 0.15) is 0 Å². The Balaban J connectivity index is 2.06. The van der Waals surface area contributed by atoms with Crippen LogP contribution < -0.4 is 0 Å². The van der Waals surface area contributed by atoms with E-state index in [1.165, 1.54) is 6.42 Å². The zero-order valence-electron chi connectivity index (χ0n) is 14.7. The van der Waals surface area contributed by atoms with Crippen molar-refractivity contribution >= 4 is 17.6 Å².